The van der Waals surface area contributed by atoms with E-state index >= 15 is 0 Å². The van der Waals surface area contributed by atoms with E-state index in [9.17, 15) is 24.3 Å². The average molecular weight is 777 g/mol. The Morgan fingerprint density at radius 1 is 1.07 bits per heavy atom. The number of hydrogen-bond donors (Lipinski definition) is 2. The Morgan fingerprint density at radius 3 is 2.55 bits per heavy atom. The van der Waals surface area contributed by atoms with Gasteiger partial charge in [-0.05, 0) is 120 Å². The van der Waals surface area contributed by atoms with Crippen LogP contribution >= 0.6 is 0 Å². The smallest absolute Gasteiger partial charge is 0.338 e. The molecule has 0 radical (unpaired) electrons. The van der Waals surface area contributed by atoms with E-state index < -0.39 is 53.8 Å². The highest BCUT2D eigenvalue weighted by atomic mass is 16.7. The third-order valence-electron chi connectivity index (χ3n) is 12.9. The number of likely N-dealkylation sites (tertiary alicyclic amines) is 1. The number of benzene rings is 1. The predicted octanol–water partition coefficient (Wildman–Crippen LogP) is 5.65. The van der Waals surface area contributed by atoms with Gasteiger partial charge < -0.3 is 39.0 Å². The summed E-state index contributed by atoms with van der Waals surface area (Å²) in [6.45, 7) is 12.4. The molecule has 1 aromatic rings. The first-order chi connectivity index (χ1) is 26.5. The highest BCUT2D eigenvalue weighted by molar-refractivity contribution is 5.98. The van der Waals surface area contributed by atoms with Crippen LogP contribution < -0.4 is 5.32 Å². The van der Waals surface area contributed by atoms with Crippen molar-refractivity contribution in [1.29, 1.82) is 0 Å². The Balaban J connectivity index is 0.973. The predicted molar refractivity (Wildman–Crippen MR) is 207 cm³/mol. The molecule has 3 saturated heterocycles. The summed E-state index contributed by atoms with van der Waals surface area (Å²) in [5.41, 5.74) is 3.06. The molecule has 3 aliphatic carbocycles. The SMILES string of the molecule is CC(C)(C)OC(=O)CCC(CO)NC(=O)C1CCCN1C(=O)C1=CC2OCOC2C(OC(=O)c2ccc(C=C3CCC4OC4(C)CCC4C3CC4(C)C)cc2)C1. The maximum atomic E-state index is 14.0. The van der Waals surface area contributed by atoms with Crippen LogP contribution in [0.2, 0.25) is 0 Å². The normalized spacial score (nSPS) is 33.3. The van der Waals surface area contributed by atoms with Crippen LogP contribution in [-0.2, 0) is 38.1 Å². The molecule has 0 spiro atoms. The second kappa shape index (κ2) is 16.0. The zero-order valence-electron chi connectivity index (χ0n) is 33.8. The molecule has 3 aliphatic heterocycles. The Hall–Kier alpha value is -3.58. The maximum Gasteiger partial charge on any atom is 0.338 e. The fraction of sp³-hybridized carbons (Fsp3) is 0.682. The van der Waals surface area contributed by atoms with Crippen LogP contribution in [0, 0.1) is 17.3 Å². The number of hydrogen-bond acceptors (Lipinski definition) is 10. The first kappa shape index (κ1) is 40.6. The number of nitrogens with one attached hydrogen (secondary N) is 1. The number of rotatable bonds is 10. The molecule has 2 N–H and O–H groups in total. The molecule has 5 fully saturated rings. The Kier molecular flexibility index (Phi) is 11.6. The minimum absolute atomic E-state index is 0.0104. The molecule has 3 heterocycles. The van der Waals surface area contributed by atoms with Crippen molar-refractivity contribution in [1.82, 2.24) is 10.2 Å². The number of carbonyl (C=O) groups excluding carboxylic acids is 4. The molecule has 306 valence electrons. The molecule has 56 heavy (non-hydrogen) atoms. The maximum absolute atomic E-state index is 14.0. The van der Waals surface area contributed by atoms with Crippen molar-refractivity contribution < 1.29 is 48.0 Å². The molecule has 7 rings (SSSR count). The van der Waals surface area contributed by atoms with Crippen molar-refractivity contribution in [2.24, 2.45) is 17.3 Å². The fourth-order valence-corrected chi connectivity index (χ4v) is 9.71. The molecule has 9 unspecified atom stereocenters. The summed E-state index contributed by atoms with van der Waals surface area (Å²) in [6.07, 6.45) is 9.45. The van der Waals surface area contributed by atoms with Crippen molar-refractivity contribution in [3.05, 3.63) is 52.6 Å². The van der Waals surface area contributed by atoms with Gasteiger partial charge in [0, 0.05) is 25.0 Å². The van der Waals surface area contributed by atoms with E-state index in [0.717, 1.165) is 24.8 Å². The molecule has 1 aromatic carbocycles. The third kappa shape index (κ3) is 8.93. The number of aliphatic hydroxyl groups excluding tert-OH is 1. The van der Waals surface area contributed by atoms with E-state index in [0.29, 0.717) is 53.9 Å². The van der Waals surface area contributed by atoms with Gasteiger partial charge in [-0.2, -0.15) is 0 Å². The first-order valence-corrected chi connectivity index (χ1v) is 20.6. The first-order valence-electron chi connectivity index (χ1n) is 20.6. The lowest BCUT2D eigenvalue weighted by molar-refractivity contribution is -0.155. The molecule has 2 amide bonds. The molecular formula is C44H60N2O10. The van der Waals surface area contributed by atoms with Gasteiger partial charge in [0.05, 0.1) is 29.9 Å². The molecule has 12 nitrogen and oxygen atoms in total. The minimum atomic E-state index is -0.768. The standard InChI is InChI=1S/C44H60N2O10/c1-42(2,3)56-37(48)16-14-30(24-47)45-39(49)33-8-7-19-46(33)40(50)29-21-34-38(53-25-52-34)35(22-29)54-41(51)27-11-9-26(10-12-27)20-28-13-15-36-44(6,55-36)18-17-32-31(28)23-43(32,4)5/h9-12,20-21,30-36,38,47H,7-8,13-19,22-25H2,1-6H3,(H,45,49). The number of nitrogens with zero attached hydrogens (tertiary/aromatic N) is 1. The van der Waals surface area contributed by atoms with Gasteiger partial charge in [-0.15, -0.1) is 0 Å². The van der Waals surface area contributed by atoms with Gasteiger partial charge in [0.15, 0.2) is 0 Å². The van der Waals surface area contributed by atoms with Gasteiger partial charge >= 0.3 is 11.9 Å². The molecule has 0 aromatic heterocycles. The third-order valence-corrected chi connectivity index (χ3v) is 12.9. The Morgan fingerprint density at radius 2 is 1.84 bits per heavy atom. The summed E-state index contributed by atoms with van der Waals surface area (Å²) < 4.78 is 29.1. The fourth-order valence-electron chi connectivity index (χ4n) is 9.71. The van der Waals surface area contributed by atoms with Crippen molar-refractivity contribution in [3.8, 4) is 0 Å². The summed E-state index contributed by atoms with van der Waals surface area (Å²) >= 11 is 0. The van der Waals surface area contributed by atoms with Crippen LogP contribution in [0.5, 0.6) is 0 Å². The Labute approximate surface area is 330 Å². The van der Waals surface area contributed by atoms with Crippen LogP contribution in [0.1, 0.15) is 122 Å². The summed E-state index contributed by atoms with van der Waals surface area (Å²) in [5, 5.41) is 12.8. The van der Waals surface area contributed by atoms with E-state index in [-0.39, 0.29) is 44.2 Å². The van der Waals surface area contributed by atoms with Crippen LogP contribution in [0.4, 0.5) is 0 Å². The molecular weight excluding hydrogens is 716 g/mol. The summed E-state index contributed by atoms with van der Waals surface area (Å²) in [4.78, 5) is 54.8. The van der Waals surface area contributed by atoms with Crippen molar-refractivity contribution in [2.75, 3.05) is 19.9 Å². The van der Waals surface area contributed by atoms with Gasteiger partial charge in [-0.1, -0.05) is 37.6 Å². The summed E-state index contributed by atoms with van der Waals surface area (Å²) in [6, 6.07) is 6.11. The van der Waals surface area contributed by atoms with Crippen LogP contribution in [0.25, 0.3) is 6.08 Å². The lowest BCUT2D eigenvalue weighted by Crippen LogP contribution is -2.51. The van der Waals surface area contributed by atoms with Gasteiger partial charge in [0.25, 0.3) is 0 Å². The second-order valence-corrected chi connectivity index (χ2v) is 18.6. The van der Waals surface area contributed by atoms with Gasteiger partial charge in [0.1, 0.15) is 36.7 Å². The molecule has 9 atom stereocenters. The number of aliphatic hydroxyl groups is 1. The van der Waals surface area contributed by atoms with E-state index in [1.54, 1.807) is 39.0 Å². The van der Waals surface area contributed by atoms with Crippen molar-refractivity contribution in [2.45, 2.75) is 153 Å². The number of epoxide rings is 1. The topological polar surface area (TPSA) is 153 Å². The lowest BCUT2D eigenvalue weighted by Gasteiger charge is -2.53. The molecule has 6 aliphatic rings. The van der Waals surface area contributed by atoms with Crippen LogP contribution in [0.3, 0.4) is 0 Å². The zero-order valence-corrected chi connectivity index (χ0v) is 33.8. The van der Waals surface area contributed by atoms with E-state index in [2.05, 4.69) is 32.2 Å². The molecule has 0 bridgehead atoms. The average Bonchev–Trinajstić information content (AvgIpc) is 3.49. The Bertz CT molecular complexity index is 1730. The minimum Gasteiger partial charge on any atom is -0.460 e. The van der Waals surface area contributed by atoms with Gasteiger partial charge in [0.2, 0.25) is 11.8 Å². The zero-order chi connectivity index (χ0) is 40.0. The highest BCUT2D eigenvalue weighted by Crippen LogP contribution is 2.59. The number of amides is 2. The summed E-state index contributed by atoms with van der Waals surface area (Å²) in [7, 11) is 0. The lowest BCUT2D eigenvalue weighted by atomic mass is 9.52. The summed E-state index contributed by atoms with van der Waals surface area (Å²) in [5.74, 6) is -0.426. The number of allylic oxidation sites excluding steroid dienone is 1. The van der Waals surface area contributed by atoms with Crippen LogP contribution in [-0.4, -0.2) is 101 Å². The number of ether oxygens (including phenoxy) is 5. The molecule has 2 saturated carbocycles. The van der Waals surface area contributed by atoms with Gasteiger partial charge in [-0.25, -0.2) is 4.79 Å². The second-order valence-electron chi connectivity index (χ2n) is 18.6. The number of esters is 2. The van der Waals surface area contributed by atoms with Crippen molar-refractivity contribution in [3.63, 3.8) is 0 Å². The molecule has 12 heteroatoms. The van der Waals surface area contributed by atoms with E-state index in [1.807, 2.05) is 12.1 Å². The highest BCUT2D eigenvalue weighted by Gasteiger charge is 2.56. The van der Waals surface area contributed by atoms with Crippen LogP contribution in [0.15, 0.2) is 41.5 Å². The van der Waals surface area contributed by atoms with Gasteiger partial charge in [-0.3, -0.25) is 14.4 Å². The monoisotopic (exact) mass is 776 g/mol. The quantitative estimate of drug-likeness (QED) is 0.225. The van der Waals surface area contributed by atoms with E-state index in [4.69, 9.17) is 23.7 Å². The van der Waals surface area contributed by atoms with Crippen molar-refractivity contribution >= 4 is 29.8 Å². The number of fused-ring (bicyclic) bond motifs is 3. The number of carbonyl (C=O) groups is 4. The largest absolute Gasteiger partial charge is 0.460 e. The van der Waals surface area contributed by atoms with E-state index in [1.165, 1.54) is 23.3 Å².